The fourth-order valence-electron chi connectivity index (χ4n) is 4.67. The van der Waals surface area contributed by atoms with E-state index in [4.69, 9.17) is 19.4 Å². The van der Waals surface area contributed by atoms with Crippen molar-refractivity contribution in [2.75, 3.05) is 38.2 Å². The van der Waals surface area contributed by atoms with Crippen LogP contribution in [0.3, 0.4) is 0 Å². The molecule has 1 aliphatic heterocycles. The van der Waals surface area contributed by atoms with E-state index in [1.54, 1.807) is 12.0 Å². The van der Waals surface area contributed by atoms with E-state index in [2.05, 4.69) is 22.1 Å². The average Bonchev–Trinajstić information content (AvgIpc) is 3.23. The number of amides is 1. The van der Waals surface area contributed by atoms with Crippen LogP contribution >= 0.6 is 0 Å². The normalized spacial score (nSPS) is 14.5. The van der Waals surface area contributed by atoms with E-state index in [0.717, 1.165) is 50.2 Å². The standard InChI is InChI=1S/C27H32N6O3/c1-17-24-19(16-31(5)30-24)13-20(25(17)35-6)21-14-18-7-8-23(29-22(18)15-28-21)32-9-11-33(12-10-32)26(34)36-27(2,3)4/h7-8,13-16H,9-12H2,1-6H3. The van der Waals surface area contributed by atoms with Gasteiger partial charge in [-0.3, -0.25) is 9.67 Å². The second-order valence-corrected chi connectivity index (χ2v) is 10.2. The van der Waals surface area contributed by atoms with Gasteiger partial charge < -0.3 is 19.3 Å². The van der Waals surface area contributed by atoms with Crippen LogP contribution in [0.15, 0.2) is 36.7 Å². The minimum absolute atomic E-state index is 0.263. The van der Waals surface area contributed by atoms with Gasteiger partial charge in [0.25, 0.3) is 0 Å². The van der Waals surface area contributed by atoms with E-state index in [1.807, 2.05) is 64.0 Å². The van der Waals surface area contributed by atoms with Crippen molar-refractivity contribution in [2.24, 2.45) is 7.05 Å². The van der Waals surface area contributed by atoms with Crippen LogP contribution in [-0.2, 0) is 11.8 Å². The molecule has 5 rings (SSSR count). The van der Waals surface area contributed by atoms with Crippen LogP contribution in [0, 0.1) is 6.92 Å². The maximum absolute atomic E-state index is 12.4. The van der Waals surface area contributed by atoms with Gasteiger partial charge in [0.2, 0.25) is 0 Å². The molecule has 0 spiro atoms. The Balaban J connectivity index is 1.38. The molecule has 9 heteroatoms. The van der Waals surface area contributed by atoms with Crippen LogP contribution in [0.5, 0.6) is 5.75 Å². The summed E-state index contributed by atoms with van der Waals surface area (Å²) in [5.74, 6) is 1.66. The molecule has 36 heavy (non-hydrogen) atoms. The number of pyridine rings is 2. The molecule has 1 saturated heterocycles. The third-order valence-electron chi connectivity index (χ3n) is 6.39. The lowest BCUT2D eigenvalue weighted by Gasteiger charge is -2.36. The first-order valence-electron chi connectivity index (χ1n) is 12.1. The monoisotopic (exact) mass is 488 g/mol. The number of rotatable bonds is 3. The van der Waals surface area contributed by atoms with Crippen LogP contribution in [0.25, 0.3) is 33.1 Å². The van der Waals surface area contributed by atoms with Gasteiger partial charge in [0.05, 0.1) is 30.0 Å². The smallest absolute Gasteiger partial charge is 0.410 e. The lowest BCUT2D eigenvalue weighted by molar-refractivity contribution is 0.0240. The number of nitrogens with zero attached hydrogens (tertiary/aromatic N) is 6. The molecule has 0 N–H and O–H groups in total. The van der Waals surface area contributed by atoms with Gasteiger partial charge in [-0.1, -0.05) is 0 Å². The van der Waals surface area contributed by atoms with Gasteiger partial charge in [0.1, 0.15) is 17.2 Å². The number of hydrogen-bond donors (Lipinski definition) is 0. The quantitative estimate of drug-likeness (QED) is 0.418. The largest absolute Gasteiger partial charge is 0.496 e. The number of hydrogen-bond acceptors (Lipinski definition) is 7. The highest BCUT2D eigenvalue weighted by molar-refractivity contribution is 5.92. The molecule has 1 aromatic carbocycles. The molecule has 1 fully saturated rings. The Bertz CT molecular complexity index is 1450. The number of aryl methyl sites for hydroxylation is 2. The number of benzene rings is 1. The summed E-state index contributed by atoms with van der Waals surface area (Å²) >= 11 is 0. The number of carbonyl (C=O) groups excluding carboxylic acids is 1. The summed E-state index contributed by atoms with van der Waals surface area (Å²) in [6.07, 6.45) is 3.55. The van der Waals surface area contributed by atoms with Crippen molar-refractivity contribution in [3.63, 3.8) is 0 Å². The van der Waals surface area contributed by atoms with Crippen LogP contribution < -0.4 is 9.64 Å². The van der Waals surface area contributed by atoms with Gasteiger partial charge >= 0.3 is 6.09 Å². The van der Waals surface area contributed by atoms with E-state index in [9.17, 15) is 4.79 Å². The van der Waals surface area contributed by atoms with Crippen molar-refractivity contribution in [1.82, 2.24) is 24.6 Å². The number of anilines is 1. The van der Waals surface area contributed by atoms with Crippen molar-refractivity contribution in [3.8, 4) is 17.0 Å². The highest BCUT2D eigenvalue weighted by Crippen LogP contribution is 2.37. The Kier molecular flexibility index (Phi) is 5.94. The minimum Gasteiger partial charge on any atom is -0.496 e. The van der Waals surface area contributed by atoms with Crippen LogP contribution in [0.1, 0.15) is 26.3 Å². The third kappa shape index (κ3) is 4.53. The summed E-state index contributed by atoms with van der Waals surface area (Å²) in [5.41, 5.74) is 4.01. The summed E-state index contributed by atoms with van der Waals surface area (Å²) in [6.45, 7) is 10.3. The van der Waals surface area contributed by atoms with E-state index in [0.29, 0.717) is 26.2 Å². The molecular weight excluding hydrogens is 456 g/mol. The van der Waals surface area contributed by atoms with E-state index in [-0.39, 0.29) is 6.09 Å². The van der Waals surface area contributed by atoms with E-state index < -0.39 is 5.60 Å². The molecule has 0 unspecified atom stereocenters. The zero-order chi connectivity index (χ0) is 25.6. The zero-order valence-corrected chi connectivity index (χ0v) is 21.7. The molecule has 0 atom stereocenters. The van der Waals surface area contributed by atoms with Gasteiger partial charge in [-0.15, -0.1) is 0 Å². The van der Waals surface area contributed by atoms with Gasteiger partial charge in [0.15, 0.2) is 0 Å². The minimum atomic E-state index is -0.494. The Morgan fingerprint density at radius 3 is 2.50 bits per heavy atom. The maximum Gasteiger partial charge on any atom is 0.410 e. The number of aromatic nitrogens is 4. The highest BCUT2D eigenvalue weighted by atomic mass is 16.6. The summed E-state index contributed by atoms with van der Waals surface area (Å²) in [5, 5.41) is 6.61. The maximum atomic E-state index is 12.4. The Morgan fingerprint density at radius 2 is 1.81 bits per heavy atom. The summed E-state index contributed by atoms with van der Waals surface area (Å²) in [7, 11) is 3.60. The van der Waals surface area contributed by atoms with Crippen molar-refractivity contribution >= 4 is 33.7 Å². The second-order valence-electron chi connectivity index (χ2n) is 10.2. The van der Waals surface area contributed by atoms with Crippen molar-refractivity contribution in [2.45, 2.75) is 33.3 Å². The predicted molar refractivity (Wildman–Crippen MR) is 141 cm³/mol. The SMILES string of the molecule is COc1c(-c2cc3ccc(N4CCN(C(=O)OC(C)(C)C)CC4)nc3cn2)cc2cn(C)nc2c1C. The van der Waals surface area contributed by atoms with Gasteiger partial charge in [-0.2, -0.15) is 5.10 Å². The van der Waals surface area contributed by atoms with Crippen molar-refractivity contribution < 1.29 is 14.3 Å². The van der Waals surface area contributed by atoms with Crippen LogP contribution in [0.4, 0.5) is 10.6 Å². The van der Waals surface area contributed by atoms with Crippen LogP contribution in [0.2, 0.25) is 0 Å². The molecule has 1 aliphatic rings. The molecule has 4 heterocycles. The molecule has 9 nitrogen and oxygen atoms in total. The molecule has 0 aliphatic carbocycles. The third-order valence-corrected chi connectivity index (χ3v) is 6.39. The molecule has 1 amide bonds. The molecule has 0 bridgehead atoms. The first-order valence-corrected chi connectivity index (χ1v) is 12.1. The first kappa shape index (κ1) is 23.8. The summed E-state index contributed by atoms with van der Waals surface area (Å²) in [4.78, 5) is 25.9. The van der Waals surface area contributed by atoms with Gasteiger partial charge in [0, 0.05) is 61.3 Å². The Hall–Kier alpha value is -3.88. The average molecular weight is 489 g/mol. The number of piperazine rings is 1. The lowest BCUT2D eigenvalue weighted by Crippen LogP contribution is -2.50. The van der Waals surface area contributed by atoms with Crippen molar-refractivity contribution in [1.29, 1.82) is 0 Å². The van der Waals surface area contributed by atoms with Crippen molar-refractivity contribution in [3.05, 3.63) is 42.2 Å². The number of methoxy groups -OCH3 is 1. The lowest BCUT2D eigenvalue weighted by atomic mass is 10.0. The van der Waals surface area contributed by atoms with Gasteiger partial charge in [-0.25, -0.2) is 9.78 Å². The van der Waals surface area contributed by atoms with Crippen LogP contribution in [-0.4, -0.2) is 69.6 Å². The predicted octanol–water partition coefficient (Wildman–Crippen LogP) is 4.56. The topological polar surface area (TPSA) is 85.6 Å². The zero-order valence-electron chi connectivity index (χ0n) is 21.7. The number of carbonyl (C=O) groups is 1. The fourth-order valence-corrected chi connectivity index (χ4v) is 4.67. The molecular formula is C27H32N6O3. The first-order chi connectivity index (χ1) is 17.1. The Morgan fingerprint density at radius 1 is 1.06 bits per heavy atom. The van der Waals surface area contributed by atoms with E-state index in [1.165, 1.54) is 0 Å². The highest BCUT2D eigenvalue weighted by Gasteiger charge is 2.26. The molecule has 0 radical (unpaired) electrons. The number of fused-ring (bicyclic) bond motifs is 2. The molecule has 3 aromatic heterocycles. The van der Waals surface area contributed by atoms with E-state index >= 15 is 0 Å². The molecule has 0 saturated carbocycles. The van der Waals surface area contributed by atoms with Gasteiger partial charge in [-0.05, 0) is 52.0 Å². The second kappa shape index (κ2) is 8.96. The summed E-state index contributed by atoms with van der Waals surface area (Å²) < 4.78 is 13.1. The fraction of sp³-hybridized carbons (Fsp3) is 0.407. The Labute approximate surface area is 210 Å². The summed E-state index contributed by atoms with van der Waals surface area (Å²) in [6, 6.07) is 8.23. The number of ether oxygens (including phenoxy) is 2. The molecule has 188 valence electrons. The molecule has 4 aromatic rings.